The van der Waals surface area contributed by atoms with Gasteiger partial charge < -0.3 is 39.2 Å². The molecule has 0 spiro atoms. The molecule has 43 heavy (non-hydrogen) atoms. The normalized spacial score (nSPS) is 20.7. The molecule has 0 bridgehead atoms. The monoisotopic (exact) mass is 597 g/mol. The number of carbonyl (C=O) groups is 1. The van der Waals surface area contributed by atoms with Crippen molar-refractivity contribution >= 4 is 11.6 Å². The minimum atomic E-state index is -0.00644. The molecule has 2 aromatic rings. The van der Waals surface area contributed by atoms with Gasteiger partial charge in [0, 0.05) is 71.9 Å². The minimum Gasteiger partial charge on any atom is -0.494 e. The molecule has 9 nitrogen and oxygen atoms in total. The summed E-state index contributed by atoms with van der Waals surface area (Å²) in [6.45, 7) is 7.89. The van der Waals surface area contributed by atoms with Crippen molar-refractivity contribution < 1.29 is 28.5 Å². The number of hydrogen-bond acceptors (Lipinski definition) is 8. The number of ether oxygens (including phenoxy) is 5. The second-order valence-electron chi connectivity index (χ2n) is 11.5. The van der Waals surface area contributed by atoms with Crippen molar-refractivity contribution in [2.24, 2.45) is 5.92 Å². The number of benzene rings is 2. The van der Waals surface area contributed by atoms with E-state index in [0.29, 0.717) is 26.4 Å². The van der Waals surface area contributed by atoms with Gasteiger partial charge in [0.15, 0.2) is 0 Å². The molecule has 2 aliphatic heterocycles. The Labute approximate surface area is 257 Å². The topological polar surface area (TPSA) is 90.5 Å². The standard InChI is InChI=1S/C34H51N3O6/c1-5-26(34(38)35-2)21-28-22-30(27-9-11-29(12-10-27)41-18-7-17-40-4)33(23-36-28)43-24-25-8-13-32-31(20-25)37(15-19-42-32)14-6-16-39-3/h8-13,20,26,28,30,33,36H,5-7,14-19,21-24H2,1-4H3,(H,35,38)/t26-,28+,30-,33+/m1/s1. The summed E-state index contributed by atoms with van der Waals surface area (Å²) in [4.78, 5) is 14.8. The summed E-state index contributed by atoms with van der Waals surface area (Å²) < 4.78 is 28.9. The molecular formula is C34H51N3O6. The van der Waals surface area contributed by atoms with Crippen LogP contribution >= 0.6 is 0 Å². The molecule has 238 valence electrons. The van der Waals surface area contributed by atoms with Crippen molar-refractivity contribution in [3.8, 4) is 11.5 Å². The maximum atomic E-state index is 12.5. The van der Waals surface area contributed by atoms with Crippen LogP contribution in [0.15, 0.2) is 42.5 Å². The third-order valence-corrected chi connectivity index (χ3v) is 8.57. The predicted octanol–water partition coefficient (Wildman–Crippen LogP) is 4.53. The fraction of sp³-hybridized carbons (Fsp3) is 0.618. The van der Waals surface area contributed by atoms with E-state index in [9.17, 15) is 4.79 Å². The highest BCUT2D eigenvalue weighted by Gasteiger charge is 2.34. The molecule has 0 aliphatic carbocycles. The van der Waals surface area contributed by atoms with Gasteiger partial charge >= 0.3 is 0 Å². The average Bonchev–Trinajstić information content (AvgIpc) is 3.05. The highest BCUT2D eigenvalue weighted by Crippen LogP contribution is 2.36. The third-order valence-electron chi connectivity index (χ3n) is 8.57. The summed E-state index contributed by atoms with van der Waals surface area (Å²) in [7, 11) is 5.17. The van der Waals surface area contributed by atoms with Crippen LogP contribution in [0.4, 0.5) is 5.69 Å². The first kappa shape index (κ1) is 33.1. The van der Waals surface area contributed by atoms with Gasteiger partial charge in [0.2, 0.25) is 5.91 Å². The van der Waals surface area contributed by atoms with Gasteiger partial charge in [-0.2, -0.15) is 0 Å². The predicted molar refractivity (Wildman–Crippen MR) is 169 cm³/mol. The van der Waals surface area contributed by atoms with Crippen molar-refractivity contribution in [2.45, 2.75) is 63.7 Å². The summed E-state index contributed by atoms with van der Waals surface area (Å²) in [5, 5.41) is 6.54. The van der Waals surface area contributed by atoms with E-state index in [1.165, 1.54) is 5.56 Å². The number of methoxy groups -OCH3 is 2. The number of piperidine rings is 1. The number of fused-ring (bicyclic) bond motifs is 1. The van der Waals surface area contributed by atoms with E-state index in [0.717, 1.165) is 81.1 Å². The molecule has 4 atom stereocenters. The Hall–Kier alpha value is -2.85. The van der Waals surface area contributed by atoms with Crippen molar-refractivity contribution in [2.75, 3.05) is 72.2 Å². The molecule has 0 aromatic heterocycles. The quantitative estimate of drug-likeness (QED) is 0.257. The molecule has 2 heterocycles. The second-order valence-corrected chi connectivity index (χ2v) is 11.5. The van der Waals surface area contributed by atoms with Crippen LogP contribution < -0.4 is 25.0 Å². The third kappa shape index (κ3) is 9.57. The lowest BCUT2D eigenvalue weighted by atomic mass is 9.81. The summed E-state index contributed by atoms with van der Waals surface area (Å²) in [6.07, 6.45) is 4.36. The molecule has 4 rings (SSSR count). The van der Waals surface area contributed by atoms with E-state index in [1.807, 2.05) is 0 Å². The Kier molecular flexibility index (Phi) is 13.4. The van der Waals surface area contributed by atoms with E-state index in [2.05, 4.69) is 64.9 Å². The van der Waals surface area contributed by atoms with Crippen molar-refractivity contribution in [3.05, 3.63) is 53.6 Å². The molecule has 9 heteroatoms. The smallest absolute Gasteiger partial charge is 0.222 e. The molecular weight excluding hydrogens is 546 g/mol. The SMILES string of the molecule is CC[C@H](C[C@H]1C[C@H](c2ccc(OCCCOC)cc2)[C@@H](OCc2ccc3c(c2)N(CCCOC)CCO3)CN1)C(=O)NC. The molecule has 0 saturated carbocycles. The van der Waals surface area contributed by atoms with Crippen LogP contribution in [0.3, 0.4) is 0 Å². The van der Waals surface area contributed by atoms with Crippen LogP contribution in [0, 0.1) is 5.92 Å². The number of nitrogens with one attached hydrogen (secondary N) is 2. The van der Waals surface area contributed by atoms with Crippen LogP contribution in [0.25, 0.3) is 0 Å². The fourth-order valence-electron chi connectivity index (χ4n) is 6.13. The van der Waals surface area contributed by atoms with Crippen LogP contribution in [-0.2, 0) is 25.6 Å². The van der Waals surface area contributed by atoms with Gasteiger partial charge in [0.1, 0.15) is 18.1 Å². The Balaban J connectivity index is 1.45. The Morgan fingerprint density at radius 3 is 2.63 bits per heavy atom. The molecule has 2 aliphatic rings. The molecule has 0 unspecified atom stereocenters. The fourth-order valence-corrected chi connectivity index (χ4v) is 6.13. The summed E-state index contributed by atoms with van der Waals surface area (Å²) in [5.74, 6) is 2.09. The molecule has 0 radical (unpaired) electrons. The lowest BCUT2D eigenvalue weighted by Gasteiger charge is -2.38. The number of anilines is 1. The van der Waals surface area contributed by atoms with Gasteiger partial charge in [0.25, 0.3) is 0 Å². The first-order valence-corrected chi connectivity index (χ1v) is 15.8. The first-order valence-electron chi connectivity index (χ1n) is 15.8. The minimum absolute atomic E-state index is 0.00473. The van der Waals surface area contributed by atoms with Gasteiger partial charge in [-0.05, 0) is 61.1 Å². The summed E-state index contributed by atoms with van der Waals surface area (Å²) >= 11 is 0. The molecule has 1 amide bonds. The zero-order valence-corrected chi connectivity index (χ0v) is 26.4. The van der Waals surface area contributed by atoms with Crippen molar-refractivity contribution in [3.63, 3.8) is 0 Å². The lowest BCUT2D eigenvalue weighted by Crippen LogP contribution is -2.48. The number of hydrogen-bond donors (Lipinski definition) is 2. The Morgan fingerprint density at radius 2 is 1.88 bits per heavy atom. The second kappa shape index (κ2) is 17.4. The number of nitrogens with zero attached hydrogens (tertiary/aromatic N) is 1. The van der Waals surface area contributed by atoms with E-state index in [4.69, 9.17) is 23.7 Å². The van der Waals surface area contributed by atoms with Crippen LogP contribution in [-0.4, -0.2) is 85.4 Å². The van der Waals surface area contributed by atoms with E-state index >= 15 is 0 Å². The van der Waals surface area contributed by atoms with E-state index in [-0.39, 0.29) is 29.9 Å². The molecule has 2 N–H and O–H groups in total. The van der Waals surface area contributed by atoms with Crippen LogP contribution in [0.1, 0.15) is 56.1 Å². The van der Waals surface area contributed by atoms with Crippen molar-refractivity contribution in [1.82, 2.24) is 10.6 Å². The highest BCUT2D eigenvalue weighted by atomic mass is 16.5. The first-order chi connectivity index (χ1) is 21.1. The maximum Gasteiger partial charge on any atom is 0.222 e. The summed E-state index contributed by atoms with van der Waals surface area (Å²) in [6, 6.07) is 15.1. The zero-order chi connectivity index (χ0) is 30.4. The van der Waals surface area contributed by atoms with Gasteiger partial charge in [0.05, 0.1) is 31.5 Å². The number of rotatable bonds is 17. The Morgan fingerprint density at radius 1 is 1.09 bits per heavy atom. The van der Waals surface area contributed by atoms with Crippen LogP contribution in [0.2, 0.25) is 0 Å². The van der Waals surface area contributed by atoms with Gasteiger partial charge in [-0.3, -0.25) is 4.79 Å². The largest absolute Gasteiger partial charge is 0.494 e. The molecule has 2 aromatic carbocycles. The van der Waals surface area contributed by atoms with E-state index in [1.54, 1.807) is 21.3 Å². The average molecular weight is 598 g/mol. The maximum absolute atomic E-state index is 12.5. The molecule has 1 saturated heterocycles. The van der Waals surface area contributed by atoms with Crippen molar-refractivity contribution in [1.29, 1.82) is 0 Å². The van der Waals surface area contributed by atoms with E-state index < -0.39 is 0 Å². The molecule has 1 fully saturated rings. The van der Waals surface area contributed by atoms with Gasteiger partial charge in [-0.15, -0.1) is 0 Å². The number of carbonyl (C=O) groups excluding carboxylic acids is 1. The van der Waals surface area contributed by atoms with Crippen LogP contribution in [0.5, 0.6) is 11.5 Å². The summed E-state index contributed by atoms with van der Waals surface area (Å²) in [5.41, 5.74) is 3.49. The Bertz CT molecular complexity index is 1110. The zero-order valence-electron chi connectivity index (χ0n) is 26.4. The lowest BCUT2D eigenvalue weighted by molar-refractivity contribution is -0.125. The highest BCUT2D eigenvalue weighted by molar-refractivity contribution is 5.78. The van der Waals surface area contributed by atoms with Gasteiger partial charge in [-0.25, -0.2) is 0 Å². The van der Waals surface area contributed by atoms with Gasteiger partial charge in [-0.1, -0.05) is 25.1 Å². The number of amides is 1.